The van der Waals surface area contributed by atoms with Crippen LogP contribution in [0.3, 0.4) is 0 Å². The molecule has 0 aromatic carbocycles. The summed E-state index contributed by atoms with van der Waals surface area (Å²) >= 11 is 0. The maximum absolute atomic E-state index is 12.5. The van der Waals surface area contributed by atoms with Crippen LogP contribution < -0.4 is 0 Å². The van der Waals surface area contributed by atoms with Gasteiger partial charge >= 0.3 is 0 Å². The maximum atomic E-state index is 12.5. The third-order valence-electron chi connectivity index (χ3n) is 16.1. The SMILES string of the molecule is COC1C(O)C(C)OC(OC2C(C)OC(OC3CCC4(C)C(C=CC5C4CCC4(C)C5CCC4(O)C(C)OC4OC(C)C(O)C(OC)C4O)C3)C(O)C2OC)C1O. The largest absolute Gasteiger partial charge is 0.388 e. The van der Waals surface area contributed by atoms with E-state index in [0.29, 0.717) is 18.3 Å². The van der Waals surface area contributed by atoms with Crippen LogP contribution >= 0.6 is 0 Å². The first-order chi connectivity index (χ1) is 26.9. The molecule has 57 heavy (non-hydrogen) atoms. The average molecular weight is 815 g/mol. The van der Waals surface area contributed by atoms with E-state index >= 15 is 0 Å². The highest BCUT2D eigenvalue weighted by Crippen LogP contribution is 2.67. The van der Waals surface area contributed by atoms with Gasteiger partial charge in [-0.25, -0.2) is 0 Å². The van der Waals surface area contributed by atoms with Gasteiger partial charge in [-0.3, -0.25) is 0 Å². The summed E-state index contributed by atoms with van der Waals surface area (Å²) in [5.41, 5.74) is -1.51. The molecule has 0 aromatic heterocycles. The molecule has 7 aliphatic rings. The standard InChI is InChI=1S/C42H70O15/c1-19-28(43)34(49-7)30(45)37(52-19)55-22(4)42(48)17-14-27-25-11-10-23-18-24(12-15-40(23,5)26(25)13-16-41(27,42)6)56-38-32(47)36(51-9)33(21(3)54-38)57-39-31(46)35(50-8)29(44)20(2)53-39/h10-11,19-39,43-48H,12-18H2,1-9H3. The van der Waals surface area contributed by atoms with Crippen molar-refractivity contribution in [2.24, 2.45) is 34.5 Å². The van der Waals surface area contributed by atoms with Gasteiger partial charge in [0.05, 0.1) is 36.1 Å². The molecule has 3 saturated carbocycles. The summed E-state index contributed by atoms with van der Waals surface area (Å²) in [4.78, 5) is 0. The van der Waals surface area contributed by atoms with Crippen LogP contribution in [0.1, 0.15) is 86.5 Å². The molecule has 6 fully saturated rings. The average Bonchev–Trinajstić information content (AvgIpc) is 3.46. The monoisotopic (exact) mass is 814 g/mol. The number of hydrogen-bond acceptors (Lipinski definition) is 15. The molecule has 24 unspecified atom stereocenters. The number of ether oxygens (including phenoxy) is 9. The van der Waals surface area contributed by atoms with Crippen LogP contribution in [0.2, 0.25) is 0 Å². The fourth-order valence-electron chi connectivity index (χ4n) is 12.4. The van der Waals surface area contributed by atoms with Crippen molar-refractivity contribution in [3.63, 3.8) is 0 Å². The van der Waals surface area contributed by atoms with Crippen molar-refractivity contribution in [1.29, 1.82) is 0 Å². The van der Waals surface area contributed by atoms with Crippen molar-refractivity contribution in [3.05, 3.63) is 12.2 Å². The lowest BCUT2D eigenvalue weighted by Gasteiger charge is -2.60. The molecule has 0 radical (unpaired) electrons. The molecule has 3 saturated heterocycles. The third-order valence-corrected chi connectivity index (χ3v) is 16.1. The minimum atomic E-state index is -1.27. The van der Waals surface area contributed by atoms with Crippen LogP contribution in [0.5, 0.6) is 0 Å². The van der Waals surface area contributed by atoms with Crippen molar-refractivity contribution in [2.75, 3.05) is 21.3 Å². The highest BCUT2D eigenvalue weighted by Gasteiger charge is 2.66. The highest BCUT2D eigenvalue weighted by atomic mass is 16.7. The molecule has 0 spiro atoms. The van der Waals surface area contributed by atoms with Crippen LogP contribution in [0.4, 0.5) is 0 Å². The smallest absolute Gasteiger partial charge is 0.187 e. The molecule has 0 aromatic rings. The molecule has 0 amide bonds. The van der Waals surface area contributed by atoms with E-state index in [9.17, 15) is 30.6 Å². The molecule has 0 bridgehead atoms. The molecule has 15 nitrogen and oxygen atoms in total. The second kappa shape index (κ2) is 16.8. The van der Waals surface area contributed by atoms with E-state index in [1.54, 1.807) is 13.8 Å². The van der Waals surface area contributed by atoms with Crippen molar-refractivity contribution in [1.82, 2.24) is 0 Å². The topological polar surface area (TPSA) is 204 Å². The van der Waals surface area contributed by atoms with Gasteiger partial charge in [0, 0.05) is 26.7 Å². The van der Waals surface area contributed by atoms with Crippen molar-refractivity contribution in [2.45, 2.75) is 196 Å². The zero-order valence-electron chi connectivity index (χ0n) is 35.1. The Kier molecular flexibility index (Phi) is 13.0. The first kappa shape index (κ1) is 44.2. The lowest BCUT2D eigenvalue weighted by Crippen LogP contribution is -2.64. The van der Waals surface area contributed by atoms with E-state index in [0.717, 1.165) is 38.5 Å². The van der Waals surface area contributed by atoms with E-state index in [2.05, 4.69) is 26.0 Å². The van der Waals surface area contributed by atoms with E-state index in [1.165, 1.54) is 21.3 Å². The van der Waals surface area contributed by atoms with E-state index in [1.807, 2.05) is 13.8 Å². The number of aliphatic hydroxyl groups excluding tert-OH is 5. The number of rotatable bonds is 10. The van der Waals surface area contributed by atoms with Crippen LogP contribution in [0, 0.1) is 34.5 Å². The maximum Gasteiger partial charge on any atom is 0.187 e. The van der Waals surface area contributed by atoms with Gasteiger partial charge < -0.3 is 73.3 Å². The van der Waals surface area contributed by atoms with Gasteiger partial charge in [-0.1, -0.05) is 26.0 Å². The van der Waals surface area contributed by atoms with Gasteiger partial charge in [-0.05, 0) is 102 Å². The Morgan fingerprint density at radius 2 is 1.16 bits per heavy atom. The second-order valence-electron chi connectivity index (χ2n) is 18.8. The summed E-state index contributed by atoms with van der Waals surface area (Å²) in [5.74, 6) is 1.25. The van der Waals surface area contributed by atoms with Gasteiger partial charge in [0.25, 0.3) is 0 Å². The van der Waals surface area contributed by atoms with Crippen LogP contribution in [-0.2, 0) is 42.6 Å². The van der Waals surface area contributed by atoms with Crippen LogP contribution in [0.15, 0.2) is 12.2 Å². The molecule has 24 atom stereocenters. The molecule has 3 heterocycles. The van der Waals surface area contributed by atoms with Gasteiger partial charge in [0.1, 0.15) is 54.9 Å². The molecule has 15 heteroatoms. The Morgan fingerprint density at radius 3 is 1.79 bits per heavy atom. The third kappa shape index (κ3) is 7.39. The normalized spacial score (nSPS) is 55.8. The first-order valence-corrected chi connectivity index (χ1v) is 21.3. The fourth-order valence-corrected chi connectivity index (χ4v) is 12.4. The number of fused-ring (bicyclic) bond motifs is 5. The Morgan fingerprint density at radius 1 is 0.614 bits per heavy atom. The molecule has 3 aliphatic heterocycles. The number of methoxy groups -OCH3 is 3. The highest BCUT2D eigenvalue weighted by molar-refractivity contribution is 5.21. The van der Waals surface area contributed by atoms with Crippen molar-refractivity contribution in [3.8, 4) is 0 Å². The molecule has 7 rings (SSSR count). The zero-order valence-corrected chi connectivity index (χ0v) is 35.1. The molecule has 4 aliphatic carbocycles. The Labute approximate surface area is 337 Å². The number of aliphatic hydroxyl groups is 6. The summed E-state index contributed by atoms with van der Waals surface area (Å²) < 4.78 is 53.5. The Hall–Kier alpha value is -0.860. The van der Waals surface area contributed by atoms with Gasteiger partial charge in [0.15, 0.2) is 18.9 Å². The van der Waals surface area contributed by atoms with E-state index in [-0.39, 0.29) is 23.4 Å². The summed E-state index contributed by atoms with van der Waals surface area (Å²) in [7, 11) is 4.34. The first-order valence-electron chi connectivity index (χ1n) is 21.3. The summed E-state index contributed by atoms with van der Waals surface area (Å²) in [6.45, 7) is 11.7. The van der Waals surface area contributed by atoms with Gasteiger partial charge in [-0.15, -0.1) is 0 Å². The lowest BCUT2D eigenvalue weighted by molar-refractivity contribution is -0.360. The van der Waals surface area contributed by atoms with Gasteiger partial charge in [-0.2, -0.15) is 0 Å². The van der Waals surface area contributed by atoms with E-state index < -0.39 is 109 Å². The predicted octanol–water partition coefficient (Wildman–Crippen LogP) is 1.80. The summed E-state index contributed by atoms with van der Waals surface area (Å²) in [6, 6.07) is 0. The predicted molar refractivity (Wildman–Crippen MR) is 202 cm³/mol. The van der Waals surface area contributed by atoms with Crippen LogP contribution in [-0.4, -0.2) is 162 Å². The molecule has 328 valence electrons. The number of allylic oxidation sites excluding steroid dienone is 2. The zero-order chi connectivity index (χ0) is 41.4. The molecular weight excluding hydrogens is 744 g/mol. The van der Waals surface area contributed by atoms with Crippen molar-refractivity contribution < 1.29 is 73.3 Å². The van der Waals surface area contributed by atoms with Crippen LogP contribution in [0.25, 0.3) is 0 Å². The summed E-state index contributed by atoms with van der Waals surface area (Å²) in [6.07, 6.45) is -4.25. The Balaban J connectivity index is 0.987. The Bertz CT molecular complexity index is 1400. The minimum Gasteiger partial charge on any atom is -0.388 e. The van der Waals surface area contributed by atoms with E-state index in [4.69, 9.17) is 42.6 Å². The fraction of sp³-hybridized carbons (Fsp3) is 0.952. The molecular formula is C42H70O15. The van der Waals surface area contributed by atoms with Gasteiger partial charge in [0.2, 0.25) is 0 Å². The summed E-state index contributed by atoms with van der Waals surface area (Å²) in [5, 5.41) is 66.7. The van der Waals surface area contributed by atoms with Crippen molar-refractivity contribution >= 4 is 0 Å². The second-order valence-corrected chi connectivity index (χ2v) is 18.8. The number of hydrogen-bond donors (Lipinski definition) is 6. The minimum absolute atomic E-state index is 0.0363. The lowest BCUT2D eigenvalue weighted by atomic mass is 9.46. The molecule has 6 N–H and O–H groups in total. The quantitative estimate of drug-likeness (QED) is 0.174.